The molecule has 0 aliphatic heterocycles. The summed E-state index contributed by atoms with van der Waals surface area (Å²) < 4.78 is 25.0. The maximum absolute atomic E-state index is 11.3. The third-order valence-corrected chi connectivity index (χ3v) is 3.87. The van der Waals surface area contributed by atoms with E-state index in [2.05, 4.69) is 11.3 Å². The zero-order valence-corrected chi connectivity index (χ0v) is 11.0. The summed E-state index contributed by atoms with van der Waals surface area (Å²) in [6.07, 6.45) is 3.59. The van der Waals surface area contributed by atoms with Crippen LogP contribution in [0, 0.1) is 5.92 Å². The lowest BCUT2D eigenvalue weighted by atomic mass is 9.97. The Morgan fingerprint density at radius 2 is 2.12 bits per heavy atom. The summed E-state index contributed by atoms with van der Waals surface area (Å²) in [5, 5.41) is 8.56. The average Bonchev–Trinajstić information content (AvgIpc) is 2.22. The Balaban J connectivity index is 3.91. The van der Waals surface area contributed by atoms with E-state index in [-0.39, 0.29) is 18.1 Å². The number of carboxylic acid groups (broad SMARTS) is 1. The molecule has 0 aromatic rings. The molecule has 1 atom stereocenters. The zero-order chi connectivity index (χ0) is 13.3. The first-order valence-electron chi connectivity index (χ1n) is 5.71. The van der Waals surface area contributed by atoms with Gasteiger partial charge >= 0.3 is 5.97 Å². The molecular weight excluding hydrogens is 242 g/mol. The molecule has 0 saturated carbocycles. The van der Waals surface area contributed by atoms with E-state index in [0.717, 1.165) is 6.42 Å². The van der Waals surface area contributed by atoms with Gasteiger partial charge in [-0.15, -0.1) is 6.58 Å². The summed E-state index contributed by atoms with van der Waals surface area (Å²) in [5.74, 6) is -0.646. The Labute approximate surface area is 103 Å². The van der Waals surface area contributed by atoms with Crippen molar-refractivity contribution in [2.75, 3.05) is 12.3 Å². The van der Waals surface area contributed by atoms with E-state index in [1.807, 2.05) is 6.92 Å². The van der Waals surface area contributed by atoms with Gasteiger partial charge in [0.25, 0.3) is 0 Å². The van der Waals surface area contributed by atoms with E-state index in [1.165, 1.54) is 6.08 Å². The quantitative estimate of drug-likeness (QED) is 0.583. The van der Waals surface area contributed by atoms with Gasteiger partial charge in [0, 0.05) is 13.0 Å². The smallest absolute Gasteiger partial charge is 0.303 e. The highest BCUT2D eigenvalue weighted by molar-refractivity contribution is 7.89. The molecule has 0 fully saturated rings. The van der Waals surface area contributed by atoms with Crippen molar-refractivity contribution in [3.05, 3.63) is 12.7 Å². The fourth-order valence-electron chi connectivity index (χ4n) is 1.51. The molecule has 0 saturated heterocycles. The first-order valence-corrected chi connectivity index (χ1v) is 7.36. The van der Waals surface area contributed by atoms with Gasteiger partial charge in [-0.3, -0.25) is 4.79 Å². The molecule has 0 aliphatic carbocycles. The first kappa shape index (κ1) is 16.1. The molecule has 100 valence electrons. The molecule has 0 spiro atoms. The van der Waals surface area contributed by atoms with E-state index < -0.39 is 16.0 Å². The molecule has 0 amide bonds. The summed E-state index contributed by atoms with van der Waals surface area (Å²) in [6.45, 7) is 5.70. The molecule has 0 bridgehead atoms. The second-order valence-corrected chi connectivity index (χ2v) is 5.81. The minimum Gasteiger partial charge on any atom is -0.481 e. The Morgan fingerprint density at radius 1 is 1.47 bits per heavy atom. The second-order valence-electron chi connectivity index (χ2n) is 3.96. The summed E-state index contributed by atoms with van der Waals surface area (Å²) in [7, 11) is -3.25. The van der Waals surface area contributed by atoms with Crippen LogP contribution in [0.2, 0.25) is 0 Å². The van der Waals surface area contributed by atoms with Crippen molar-refractivity contribution in [1.29, 1.82) is 0 Å². The molecule has 0 heterocycles. The van der Waals surface area contributed by atoms with Crippen LogP contribution in [0.15, 0.2) is 12.7 Å². The van der Waals surface area contributed by atoms with Crippen molar-refractivity contribution in [2.24, 2.45) is 5.92 Å². The lowest BCUT2D eigenvalue weighted by molar-refractivity contribution is -0.137. The fourth-order valence-corrected chi connectivity index (χ4v) is 2.37. The molecule has 0 aromatic heterocycles. The highest BCUT2D eigenvalue weighted by Crippen LogP contribution is 2.14. The molecule has 1 unspecified atom stereocenters. The van der Waals surface area contributed by atoms with Crippen LogP contribution in [0.3, 0.4) is 0 Å². The van der Waals surface area contributed by atoms with Crippen molar-refractivity contribution in [1.82, 2.24) is 4.72 Å². The van der Waals surface area contributed by atoms with Crippen LogP contribution in [-0.4, -0.2) is 31.8 Å². The minimum atomic E-state index is -3.25. The normalized spacial score (nSPS) is 13.2. The number of carbonyl (C=O) groups is 1. The molecule has 17 heavy (non-hydrogen) atoms. The van der Waals surface area contributed by atoms with Crippen molar-refractivity contribution < 1.29 is 18.3 Å². The summed E-state index contributed by atoms with van der Waals surface area (Å²) >= 11 is 0. The molecule has 0 rings (SSSR count). The maximum atomic E-state index is 11.3. The number of aliphatic carboxylic acids is 1. The summed E-state index contributed by atoms with van der Waals surface area (Å²) in [6, 6.07) is 0. The van der Waals surface area contributed by atoms with Crippen LogP contribution in [0.5, 0.6) is 0 Å². The van der Waals surface area contributed by atoms with Gasteiger partial charge in [0.2, 0.25) is 10.0 Å². The first-order chi connectivity index (χ1) is 7.91. The van der Waals surface area contributed by atoms with Gasteiger partial charge in [0.1, 0.15) is 0 Å². The summed E-state index contributed by atoms with van der Waals surface area (Å²) in [5.41, 5.74) is 0. The molecule has 0 radical (unpaired) electrons. The number of hydrogen-bond donors (Lipinski definition) is 2. The predicted molar refractivity (Wildman–Crippen MR) is 67.3 cm³/mol. The van der Waals surface area contributed by atoms with Crippen LogP contribution in [0.4, 0.5) is 0 Å². The van der Waals surface area contributed by atoms with E-state index >= 15 is 0 Å². The zero-order valence-electron chi connectivity index (χ0n) is 10.2. The van der Waals surface area contributed by atoms with E-state index in [1.54, 1.807) is 0 Å². The van der Waals surface area contributed by atoms with Crippen molar-refractivity contribution in [2.45, 2.75) is 32.6 Å². The Bertz CT molecular complexity index is 337. The van der Waals surface area contributed by atoms with Gasteiger partial charge in [-0.1, -0.05) is 19.4 Å². The van der Waals surface area contributed by atoms with Gasteiger partial charge in [0.05, 0.1) is 5.75 Å². The van der Waals surface area contributed by atoms with Crippen LogP contribution in [0.25, 0.3) is 0 Å². The van der Waals surface area contributed by atoms with E-state index in [4.69, 9.17) is 5.11 Å². The Kier molecular flexibility index (Phi) is 7.82. The largest absolute Gasteiger partial charge is 0.481 e. The number of nitrogens with one attached hydrogen (secondary N) is 1. The minimum absolute atomic E-state index is 0.0844. The lowest BCUT2D eigenvalue weighted by Crippen LogP contribution is -2.27. The topological polar surface area (TPSA) is 83.5 Å². The average molecular weight is 263 g/mol. The third-order valence-electron chi connectivity index (χ3n) is 2.56. The molecule has 6 heteroatoms. The monoisotopic (exact) mass is 263 g/mol. The van der Waals surface area contributed by atoms with E-state index in [0.29, 0.717) is 19.4 Å². The standard InChI is InChI=1S/C11H21NO4S/c1-3-9-17(15,16)12-8-7-10(4-2)5-6-11(13)14/h3,10,12H,1,4-9H2,2H3,(H,13,14). The SMILES string of the molecule is C=CCS(=O)(=O)NCCC(CC)CCC(=O)O. The Morgan fingerprint density at radius 3 is 2.59 bits per heavy atom. The van der Waals surface area contributed by atoms with E-state index in [9.17, 15) is 13.2 Å². The van der Waals surface area contributed by atoms with Gasteiger partial charge in [0.15, 0.2) is 0 Å². The van der Waals surface area contributed by atoms with Crippen LogP contribution >= 0.6 is 0 Å². The maximum Gasteiger partial charge on any atom is 0.303 e. The number of rotatable bonds is 10. The Hall–Kier alpha value is -0.880. The lowest BCUT2D eigenvalue weighted by Gasteiger charge is -2.13. The van der Waals surface area contributed by atoms with Gasteiger partial charge < -0.3 is 5.11 Å². The number of sulfonamides is 1. The highest BCUT2D eigenvalue weighted by Gasteiger charge is 2.11. The van der Waals surface area contributed by atoms with Crippen molar-refractivity contribution in [3.8, 4) is 0 Å². The summed E-state index contributed by atoms with van der Waals surface area (Å²) in [4.78, 5) is 10.4. The van der Waals surface area contributed by atoms with Gasteiger partial charge in [-0.25, -0.2) is 13.1 Å². The van der Waals surface area contributed by atoms with Gasteiger partial charge in [-0.2, -0.15) is 0 Å². The molecule has 2 N–H and O–H groups in total. The van der Waals surface area contributed by atoms with Crippen molar-refractivity contribution in [3.63, 3.8) is 0 Å². The molecular formula is C11H21NO4S. The van der Waals surface area contributed by atoms with Crippen molar-refractivity contribution >= 4 is 16.0 Å². The van der Waals surface area contributed by atoms with Crippen LogP contribution in [0.1, 0.15) is 32.6 Å². The van der Waals surface area contributed by atoms with Crippen LogP contribution < -0.4 is 4.72 Å². The molecule has 0 aromatic carbocycles. The number of hydrogen-bond acceptors (Lipinski definition) is 3. The second kappa shape index (κ2) is 8.25. The molecule has 0 aliphatic rings. The molecule has 5 nitrogen and oxygen atoms in total. The van der Waals surface area contributed by atoms with Gasteiger partial charge in [-0.05, 0) is 18.8 Å². The third kappa shape index (κ3) is 8.88. The fraction of sp³-hybridized carbons (Fsp3) is 0.727. The highest BCUT2D eigenvalue weighted by atomic mass is 32.2. The number of carboxylic acids is 1. The van der Waals surface area contributed by atoms with Crippen LogP contribution in [-0.2, 0) is 14.8 Å². The predicted octanol–water partition coefficient (Wildman–Crippen LogP) is 1.37.